The van der Waals surface area contributed by atoms with Crippen LogP contribution in [0.3, 0.4) is 0 Å². The van der Waals surface area contributed by atoms with Crippen molar-refractivity contribution in [2.24, 2.45) is 0 Å². The molecular weight excluding hydrogens is 398 g/mol. The summed E-state index contributed by atoms with van der Waals surface area (Å²) in [6, 6.07) is 24.3. The summed E-state index contributed by atoms with van der Waals surface area (Å²) >= 11 is 6.23. The van der Waals surface area contributed by atoms with Gasteiger partial charge in [-0.2, -0.15) is 0 Å². The molecule has 0 spiro atoms. The lowest BCUT2D eigenvalue weighted by molar-refractivity contribution is -0.682. The van der Waals surface area contributed by atoms with Gasteiger partial charge in [0.1, 0.15) is 6.04 Å². The average molecular weight is 423 g/mol. The van der Waals surface area contributed by atoms with Crippen LogP contribution in [-0.4, -0.2) is 18.4 Å². The summed E-state index contributed by atoms with van der Waals surface area (Å²) in [5.74, 6) is -0.416. The smallest absolute Gasteiger partial charge is 0.279 e. The summed E-state index contributed by atoms with van der Waals surface area (Å²) in [6.07, 6.45) is 0. The molecule has 3 aromatic carbocycles. The Bertz CT molecular complexity index is 1010. The minimum atomic E-state index is -0.233. The molecule has 0 unspecified atom stereocenters. The van der Waals surface area contributed by atoms with E-state index in [1.54, 1.807) is 24.3 Å². The number of hydrogen-bond donors (Lipinski definition) is 3. The van der Waals surface area contributed by atoms with Crippen molar-refractivity contribution in [3.63, 3.8) is 0 Å². The zero-order chi connectivity index (χ0) is 21.3. The van der Waals surface area contributed by atoms with Gasteiger partial charge in [0.25, 0.3) is 11.8 Å². The molecule has 0 aromatic heterocycles. The molecule has 3 rings (SSSR count). The van der Waals surface area contributed by atoms with Gasteiger partial charge in [-0.1, -0.05) is 72.3 Å². The van der Waals surface area contributed by atoms with Crippen molar-refractivity contribution in [1.29, 1.82) is 0 Å². The van der Waals surface area contributed by atoms with Crippen molar-refractivity contribution in [3.8, 4) is 0 Å². The first-order valence-corrected chi connectivity index (χ1v) is 10.2. The second kappa shape index (κ2) is 10.6. The van der Waals surface area contributed by atoms with Crippen molar-refractivity contribution >= 4 is 29.1 Å². The third-order valence-corrected chi connectivity index (χ3v) is 5.14. The Hall–Kier alpha value is -3.15. The number of para-hydroxylation sites is 1. The Kier molecular flexibility index (Phi) is 7.60. The van der Waals surface area contributed by atoms with E-state index in [0.717, 1.165) is 11.1 Å². The number of anilines is 1. The van der Waals surface area contributed by atoms with E-state index in [1.165, 1.54) is 0 Å². The molecule has 1 atom stereocenters. The number of hydrogen-bond acceptors (Lipinski definition) is 2. The van der Waals surface area contributed by atoms with Crippen molar-refractivity contribution in [2.45, 2.75) is 19.5 Å². The second-order valence-corrected chi connectivity index (χ2v) is 7.42. The van der Waals surface area contributed by atoms with E-state index >= 15 is 0 Å². The van der Waals surface area contributed by atoms with Crippen LogP contribution in [0.5, 0.6) is 0 Å². The van der Waals surface area contributed by atoms with Crippen LogP contribution in [-0.2, 0) is 11.3 Å². The average Bonchev–Trinajstić information content (AvgIpc) is 2.77. The minimum absolute atomic E-state index is 0.0360. The van der Waals surface area contributed by atoms with Gasteiger partial charge in [0.05, 0.1) is 11.3 Å². The first kappa shape index (κ1) is 21.6. The Morgan fingerprint density at radius 3 is 2.37 bits per heavy atom. The van der Waals surface area contributed by atoms with Crippen LogP contribution < -0.4 is 16.0 Å². The van der Waals surface area contributed by atoms with Crippen LogP contribution in [0.15, 0.2) is 78.9 Å². The monoisotopic (exact) mass is 422 g/mol. The summed E-state index contributed by atoms with van der Waals surface area (Å²) < 4.78 is 0. The van der Waals surface area contributed by atoms with Gasteiger partial charge in [-0.3, -0.25) is 9.59 Å². The standard InChI is InChI=1S/C24H24ClN3O2/c1-17(19-11-5-7-13-21(19)25)26-16-23(29)28-22-14-8-6-12-20(22)24(30)27-15-18-9-3-2-4-10-18/h2-14,17,26H,15-16H2,1H3,(H,27,30)(H,28,29)/p+1/t17-/m1/s1. The maximum Gasteiger partial charge on any atom is 0.279 e. The van der Waals surface area contributed by atoms with Gasteiger partial charge >= 0.3 is 0 Å². The molecule has 2 amide bonds. The van der Waals surface area contributed by atoms with Gasteiger partial charge in [-0.05, 0) is 30.7 Å². The van der Waals surface area contributed by atoms with Gasteiger partial charge in [0.15, 0.2) is 6.54 Å². The SMILES string of the molecule is C[C@@H]([NH2+]CC(=O)Nc1ccccc1C(=O)NCc1ccccc1)c1ccccc1Cl. The first-order chi connectivity index (χ1) is 14.5. The molecule has 0 saturated carbocycles. The van der Waals surface area contributed by atoms with Gasteiger partial charge < -0.3 is 16.0 Å². The quantitative estimate of drug-likeness (QED) is 0.519. The van der Waals surface area contributed by atoms with Crippen molar-refractivity contribution in [3.05, 3.63) is 101 Å². The Morgan fingerprint density at radius 2 is 1.60 bits per heavy atom. The number of benzene rings is 3. The first-order valence-electron chi connectivity index (χ1n) is 9.83. The molecule has 0 aliphatic heterocycles. The second-order valence-electron chi connectivity index (χ2n) is 7.01. The fourth-order valence-corrected chi connectivity index (χ4v) is 3.43. The summed E-state index contributed by atoms with van der Waals surface area (Å²) in [6.45, 7) is 2.64. The van der Waals surface area contributed by atoms with E-state index < -0.39 is 0 Å². The highest BCUT2D eigenvalue weighted by Gasteiger charge is 2.16. The van der Waals surface area contributed by atoms with Crippen LogP contribution in [0.2, 0.25) is 5.02 Å². The Morgan fingerprint density at radius 1 is 0.933 bits per heavy atom. The highest BCUT2D eigenvalue weighted by atomic mass is 35.5. The zero-order valence-corrected chi connectivity index (χ0v) is 17.5. The molecule has 3 aromatic rings. The summed E-state index contributed by atoms with van der Waals surface area (Å²) in [7, 11) is 0. The molecule has 0 radical (unpaired) electrons. The predicted octanol–water partition coefficient (Wildman–Crippen LogP) is 3.53. The number of halogens is 1. The molecule has 0 aliphatic rings. The van der Waals surface area contributed by atoms with E-state index in [9.17, 15) is 9.59 Å². The molecule has 0 saturated heterocycles. The molecule has 5 nitrogen and oxygen atoms in total. The van der Waals surface area contributed by atoms with E-state index in [4.69, 9.17) is 11.6 Å². The van der Waals surface area contributed by atoms with Gasteiger partial charge in [0, 0.05) is 17.1 Å². The molecule has 0 aliphatic carbocycles. The molecule has 154 valence electrons. The summed E-state index contributed by atoms with van der Waals surface area (Å²) in [5, 5.41) is 8.34. The topological polar surface area (TPSA) is 74.8 Å². The van der Waals surface area contributed by atoms with Crippen molar-refractivity contribution in [1.82, 2.24) is 5.32 Å². The Balaban J connectivity index is 1.58. The van der Waals surface area contributed by atoms with Crippen molar-refractivity contribution in [2.75, 3.05) is 11.9 Å². The van der Waals surface area contributed by atoms with Crippen molar-refractivity contribution < 1.29 is 14.9 Å². The molecule has 0 heterocycles. The molecular formula is C24H25ClN3O2+. The predicted molar refractivity (Wildman–Crippen MR) is 119 cm³/mol. The lowest BCUT2D eigenvalue weighted by Gasteiger charge is -2.14. The number of nitrogens with one attached hydrogen (secondary N) is 2. The largest absolute Gasteiger partial charge is 0.348 e. The van der Waals surface area contributed by atoms with E-state index in [-0.39, 0.29) is 24.4 Å². The van der Waals surface area contributed by atoms with E-state index in [0.29, 0.717) is 22.8 Å². The maximum atomic E-state index is 12.6. The van der Waals surface area contributed by atoms with Gasteiger partial charge in [-0.15, -0.1) is 0 Å². The molecule has 30 heavy (non-hydrogen) atoms. The summed E-state index contributed by atoms with van der Waals surface area (Å²) in [4.78, 5) is 25.1. The lowest BCUT2D eigenvalue weighted by Crippen LogP contribution is -2.86. The molecule has 0 bridgehead atoms. The third-order valence-electron chi connectivity index (χ3n) is 4.79. The lowest BCUT2D eigenvalue weighted by atomic mass is 10.1. The van der Waals surface area contributed by atoms with Gasteiger partial charge in [0.2, 0.25) is 0 Å². The fourth-order valence-electron chi connectivity index (χ4n) is 3.12. The Labute approximate surface area is 181 Å². The van der Waals surface area contributed by atoms with Gasteiger partial charge in [-0.25, -0.2) is 0 Å². The minimum Gasteiger partial charge on any atom is -0.348 e. The normalized spacial score (nSPS) is 11.5. The summed E-state index contributed by atoms with van der Waals surface area (Å²) in [5.41, 5.74) is 2.91. The highest BCUT2D eigenvalue weighted by molar-refractivity contribution is 6.31. The van der Waals surface area contributed by atoms with Crippen LogP contribution in [0.25, 0.3) is 0 Å². The number of amides is 2. The zero-order valence-electron chi connectivity index (χ0n) is 16.8. The number of nitrogens with two attached hydrogens (primary N) is 1. The molecule has 4 N–H and O–H groups in total. The third kappa shape index (κ3) is 5.92. The fraction of sp³-hybridized carbons (Fsp3) is 0.167. The van der Waals surface area contributed by atoms with Crippen LogP contribution in [0.4, 0.5) is 5.69 Å². The number of quaternary nitrogens is 1. The van der Waals surface area contributed by atoms with E-state index in [1.807, 2.05) is 66.8 Å². The van der Waals surface area contributed by atoms with Crippen LogP contribution in [0, 0.1) is 0 Å². The molecule has 0 fully saturated rings. The number of carbonyl (C=O) groups excluding carboxylic acids is 2. The van der Waals surface area contributed by atoms with Crippen LogP contribution >= 0.6 is 11.6 Å². The maximum absolute atomic E-state index is 12.6. The highest BCUT2D eigenvalue weighted by Crippen LogP contribution is 2.19. The molecule has 6 heteroatoms. The number of carbonyl (C=O) groups is 2. The van der Waals surface area contributed by atoms with E-state index in [2.05, 4.69) is 10.6 Å². The number of rotatable bonds is 8. The van der Waals surface area contributed by atoms with Crippen LogP contribution in [0.1, 0.15) is 34.5 Å².